The zero-order chi connectivity index (χ0) is 13.6. The maximum Gasteiger partial charge on any atom is 0.243 e. The summed E-state index contributed by atoms with van der Waals surface area (Å²) in [7, 11) is 0. The minimum absolute atomic E-state index is 0.00224. The van der Waals surface area contributed by atoms with Crippen molar-refractivity contribution in [1.82, 2.24) is 5.32 Å². The summed E-state index contributed by atoms with van der Waals surface area (Å²) in [5, 5.41) is 2.88. The molecule has 0 radical (unpaired) electrons. The van der Waals surface area contributed by atoms with E-state index in [2.05, 4.69) is 36.9 Å². The van der Waals surface area contributed by atoms with Gasteiger partial charge in [0, 0.05) is 13.0 Å². The number of hydrogen-bond donors (Lipinski definition) is 1. The Bertz CT molecular complexity index is 352. The van der Waals surface area contributed by atoms with Crippen LogP contribution in [0.1, 0.15) is 46.0 Å². The fraction of sp³-hybridized carbons (Fsp3) is 0.562. The fourth-order valence-corrected chi connectivity index (χ4v) is 1.26. The molecule has 18 heavy (non-hydrogen) atoms. The monoisotopic (exact) mass is 245 g/mol. The van der Waals surface area contributed by atoms with E-state index in [0.717, 1.165) is 38.6 Å². The van der Waals surface area contributed by atoms with Crippen LogP contribution in [-0.2, 0) is 4.79 Å². The largest absolute Gasteiger partial charge is 0.352 e. The van der Waals surface area contributed by atoms with Crippen molar-refractivity contribution in [2.24, 2.45) is 5.92 Å². The maximum atomic E-state index is 11.4. The van der Waals surface area contributed by atoms with Gasteiger partial charge in [0.2, 0.25) is 5.91 Å². The van der Waals surface area contributed by atoms with E-state index in [4.69, 9.17) is 6.42 Å². The molecule has 2 heteroatoms. The first-order chi connectivity index (χ1) is 8.70. The molecule has 0 aliphatic rings. The molecule has 0 aromatic carbocycles. The molecule has 0 bridgehead atoms. The van der Waals surface area contributed by atoms with Crippen molar-refractivity contribution in [2.45, 2.75) is 46.0 Å². The normalized spacial score (nSPS) is 11.4. The van der Waals surface area contributed by atoms with Crippen molar-refractivity contribution in [2.75, 3.05) is 6.54 Å². The molecule has 0 aromatic heterocycles. The molecular formula is C16H23NO. The molecule has 1 atom stereocenters. The summed E-state index contributed by atoms with van der Waals surface area (Å²) in [6.45, 7) is 5.00. The van der Waals surface area contributed by atoms with Crippen LogP contribution in [0.15, 0.2) is 12.2 Å². The van der Waals surface area contributed by atoms with E-state index in [1.165, 1.54) is 0 Å². The third-order valence-corrected chi connectivity index (χ3v) is 2.67. The van der Waals surface area contributed by atoms with Gasteiger partial charge in [0.25, 0.3) is 0 Å². The average Bonchev–Trinajstić information content (AvgIpc) is 2.39. The first-order valence-corrected chi connectivity index (χ1v) is 6.58. The molecule has 98 valence electrons. The van der Waals surface area contributed by atoms with E-state index in [1.807, 2.05) is 6.08 Å². The van der Waals surface area contributed by atoms with Gasteiger partial charge in [-0.15, -0.1) is 6.42 Å². The summed E-state index contributed by atoms with van der Waals surface area (Å²) < 4.78 is 0. The van der Waals surface area contributed by atoms with Gasteiger partial charge in [-0.3, -0.25) is 4.79 Å². The molecule has 1 amide bonds. The lowest BCUT2D eigenvalue weighted by Crippen LogP contribution is -2.26. The van der Waals surface area contributed by atoms with E-state index in [1.54, 1.807) is 6.08 Å². The van der Waals surface area contributed by atoms with Crippen molar-refractivity contribution in [3.05, 3.63) is 12.2 Å². The van der Waals surface area contributed by atoms with Crippen LogP contribution >= 0.6 is 0 Å². The first-order valence-electron chi connectivity index (χ1n) is 6.58. The molecule has 0 fully saturated rings. The van der Waals surface area contributed by atoms with Crippen molar-refractivity contribution in [3.8, 4) is 24.2 Å². The average molecular weight is 245 g/mol. The Hall–Kier alpha value is -1.67. The van der Waals surface area contributed by atoms with Gasteiger partial charge in [-0.1, -0.05) is 32.3 Å². The van der Waals surface area contributed by atoms with Gasteiger partial charge in [-0.2, -0.15) is 0 Å². The zero-order valence-corrected chi connectivity index (χ0v) is 11.5. The van der Waals surface area contributed by atoms with Crippen LogP contribution in [0.3, 0.4) is 0 Å². The van der Waals surface area contributed by atoms with Crippen LogP contribution in [0.25, 0.3) is 0 Å². The van der Waals surface area contributed by atoms with Gasteiger partial charge in [0.05, 0.1) is 0 Å². The lowest BCUT2D eigenvalue weighted by Gasteiger charge is -2.07. The van der Waals surface area contributed by atoms with Gasteiger partial charge < -0.3 is 5.32 Å². The summed E-state index contributed by atoms with van der Waals surface area (Å²) in [4.78, 5) is 11.4. The van der Waals surface area contributed by atoms with Crippen LogP contribution < -0.4 is 5.32 Å². The Morgan fingerprint density at radius 2 is 2.22 bits per heavy atom. The molecule has 0 saturated heterocycles. The second kappa shape index (κ2) is 11.8. The number of terminal acetylenes is 1. The lowest BCUT2D eigenvalue weighted by molar-refractivity contribution is -0.116. The van der Waals surface area contributed by atoms with E-state index >= 15 is 0 Å². The quantitative estimate of drug-likeness (QED) is 0.397. The number of carbonyl (C=O) groups excluding carboxylic acids is 1. The highest BCUT2D eigenvalue weighted by Gasteiger charge is 1.99. The smallest absolute Gasteiger partial charge is 0.243 e. The van der Waals surface area contributed by atoms with E-state index in [9.17, 15) is 4.79 Å². The van der Waals surface area contributed by atoms with E-state index in [0.29, 0.717) is 5.92 Å². The Morgan fingerprint density at radius 1 is 1.44 bits per heavy atom. The Balaban J connectivity index is 3.52. The summed E-state index contributed by atoms with van der Waals surface area (Å²) in [6.07, 6.45) is 13.4. The molecule has 2 nitrogen and oxygen atoms in total. The number of amides is 1. The van der Waals surface area contributed by atoms with Crippen molar-refractivity contribution in [3.63, 3.8) is 0 Å². The van der Waals surface area contributed by atoms with Crippen LogP contribution in [-0.4, -0.2) is 12.5 Å². The number of hydrogen-bond acceptors (Lipinski definition) is 1. The molecular weight excluding hydrogens is 222 g/mol. The third-order valence-electron chi connectivity index (χ3n) is 2.67. The first kappa shape index (κ1) is 16.3. The molecule has 1 N–H and O–H groups in total. The van der Waals surface area contributed by atoms with E-state index < -0.39 is 0 Å². The summed E-state index contributed by atoms with van der Waals surface area (Å²) in [5.74, 6) is 8.30. The Morgan fingerprint density at radius 3 is 2.89 bits per heavy atom. The van der Waals surface area contributed by atoms with Gasteiger partial charge in [0.15, 0.2) is 0 Å². The minimum Gasteiger partial charge on any atom is -0.352 e. The Kier molecular flexibility index (Phi) is 10.7. The second-order valence-corrected chi connectivity index (χ2v) is 4.35. The molecule has 0 aliphatic carbocycles. The minimum atomic E-state index is 0.00224. The Labute approximate surface area is 111 Å². The van der Waals surface area contributed by atoms with Gasteiger partial charge in [-0.05, 0) is 43.1 Å². The molecule has 1 unspecified atom stereocenters. The SMILES string of the molecule is C#CC#CCCCC/C=C\C(=O)NCC(C)CC. The van der Waals surface area contributed by atoms with Crippen LogP contribution in [0, 0.1) is 30.1 Å². The van der Waals surface area contributed by atoms with Gasteiger partial charge in [-0.25, -0.2) is 0 Å². The van der Waals surface area contributed by atoms with Crippen molar-refractivity contribution < 1.29 is 4.79 Å². The number of unbranched alkanes of at least 4 members (excludes halogenated alkanes) is 3. The van der Waals surface area contributed by atoms with E-state index in [-0.39, 0.29) is 5.91 Å². The van der Waals surface area contributed by atoms with Gasteiger partial charge >= 0.3 is 0 Å². The van der Waals surface area contributed by atoms with Crippen molar-refractivity contribution >= 4 is 5.91 Å². The summed E-state index contributed by atoms with van der Waals surface area (Å²) in [5.41, 5.74) is 0. The summed E-state index contributed by atoms with van der Waals surface area (Å²) in [6, 6.07) is 0. The molecule has 0 aliphatic heterocycles. The molecule has 0 heterocycles. The predicted octanol–water partition coefficient (Wildman–Crippen LogP) is 2.90. The highest BCUT2D eigenvalue weighted by molar-refractivity contribution is 5.87. The topological polar surface area (TPSA) is 29.1 Å². The van der Waals surface area contributed by atoms with Crippen LogP contribution in [0.2, 0.25) is 0 Å². The predicted molar refractivity (Wildman–Crippen MR) is 76.7 cm³/mol. The number of carbonyl (C=O) groups is 1. The molecule has 0 spiro atoms. The van der Waals surface area contributed by atoms with Gasteiger partial charge in [0.1, 0.15) is 0 Å². The molecule has 0 saturated carbocycles. The second-order valence-electron chi connectivity index (χ2n) is 4.35. The number of rotatable bonds is 8. The highest BCUT2D eigenvalue weighted by atomic mass is 16.1. The molecule has 0 aromatic rings. The number of allylic oxidation sites excluding steroid dienone is 1. The number of nitrogens with one attached hydrogen (secondary N) is 1. The molecule has 0 rings (SSSR count). The third kappa shape index (κ3) is 10.8. The maximum absolute atomic E-state index is 11.4. The van der Waals surface area contributed by atoms with Crippen LogP contribution in [0.5, 0.6) is 0 Å². The van der Waals surface area contributed by atoms with Crippen molar-refractivity contribution in [1.29, 1.82) is 0 Å². The lowest BCUT2D eigenvalue weighted by atomic mass is 10.1. The van der Waals surface area contributed by atoms with Crippen LogP contribution in [0.4, 0.5) is 0 Å². The summed E-state index contributed by atoms with van der Waals surface area (Å²) >= 11 is 0. The zero-order valence-electron chi connectivity index (χ0n) is 11.5. The highest BCUT2D eigenvalue weighted by Crippen LogP contribution is 2.00. The fourth-order valence-electron chi connectivity index (χ4n) is 1.26. The standard InChI is InChI=1S/C16H23NO/c1-4-6-7-8-9-10-11-12-13-16(18)17-14-15(3)5-2/h1,12-13,15H,5,8-11,14H2,2-3H3,(H,17,18)/b13-12-.